The third kappa shape index (κ3) is 3.91. The third-order valence-electron chi connectivity index (χ3n) is 4.80. The molecule has 1 fully saturated rings. The van der Waals surface area contributed by atoms with Crippen LogP contribution in [0.2, 0.25) is 0 Å². The highest BCUT2D eigenvalue weighted by Crippen LogP contribution is 2.37. The lowest BCUT2D eigenvalue weighted by atomic mass is 9.99. The molecule has 1 aliphatic rings. The summed E-state index contributed by atoms with van der Waals surface area (Å²) in [6, 6.07) is 4.89. The van der Waals surface area contributed by atoms with Crippen molar-refractivity contribution in [2.75, 3.05) is 0 Å². The molecule has 0 N–H and O–H groups in total. The number of carbonyl (C=O) groups excluding carboxylic acids is 1. The van der Waals surface area contributed by atoms with Crippen LogP contribution in [0.4, 0.5) is 13.2 Å². The Kier molecular flexibility index (Phi) is 6.05. The predicted octanol–water partition coefficient (Wildman–Crippen LogP) is 5.73. The molecule has 2 aromatic rings. The van der Waals surface area contributed by atoms with Gasteiger partial charge in [0, 0.05) is 22.0 Å². The van der Waals surface area contributed by atoms with Crippen molar-refractivity contribution in [1.29, 1.82) is 0 Å². The van der Waals surface area contributed by atoms with Gasteiger partial charge in [-0.1, -0.05) is 44.5 Å². The zero-order valence-electron chi connectivity index (χ0n) is 15.2. The molecule has 0 radical (unpaired) electrons. The molecule has 1 heterocycles. The molecule has 1 saturated carbocycles. The molecule has 28 heavy (non-hydrogen) atoms. The van der Waals surface area contributed by atoms with Crippen molar-refractivity contribution in [2.24, 2.45) is 7.05 Å². The van der Waals surface area contributed by atoms with Crippen molar-refractivity contribution in [3.63, 3.8) is 0 Å². The first-order chi connectivity index (χ1) is 13.1. The van der Waals surface area contributed by atoms with Crippen LogP contribution >= 0.6 is 31.9 Å². The van der Waals surface area contributed by atoms with Crippen molar-refractivity contribution in [3.8, 4) is 0 Å². The van der Waals surface area contributed by atoms with Crippen molar-refractivity contribution in [1.82, 2.24) is 14.7 Å². The molecule has 1 aromatic heterocycles. The second kappa shape index (κ2) is 8.02. The highest BCUT2D eigenvalue weighted by molar-refractivity contribution is 9.11. The van der Waals surface area contributed by atoms with Gasteiger partial charge in [0.15, 0.2) is 0 Å². The molecule has 1 unspecified atom stereocenters. The Bertz CT molecular complexity index is 941. The van der Waals surface area contributed by atoms with Gasteiger partial charge in [-0.05, 0) is 43.0 Å². The zero-order chi connectivity index (χ0) is 20.7. The Morgan fingerprint density at radius 3 is 2.54 bits per heavy atom. The molecule has 0 bridgehead atoms. The summed E-state index contributed by atoms with van der Waals surface area (Å²) in [5.41, 5.74) is -0.0883. The number of hydrogen-bond acceptors (Lipinski definition) is 2. The van der Waals surface area contributed by atoms with Gasteiger partial charge in [-0.2, -0.15) is 9.49 Å². The lowest BCUT2D eigenvalue weighted by Gasteiger charge is -2.31. The zero-order valence-corrected chi connectivity index (χ0v) is 18.4. The van der Waals surface area contributed by atoms with E-state index < -0.39 is 35.6 Å². The Morgan fingerprint density at radius 2 is 2.00 bits per heavy atom. The van der Waals surface area contributed by atoms with Crippen molar-refractivity contribution >= 4 is 43.3 Å². The van der Waals surface area contributed by atoms with Gasteiger partial charge in [-0.25, -0.2) is 13.5 Å². The number of benzene rings is 1. The fourth-order valence-corrected chi connectivity index (χ4v) is 4.46. The summed E-state index contributed by atoms with van der Waals surface area (Å²) in [6.07, 6.45) is -1.58. The van der Waals surface area contributed by atoms with Gasteiger partial charge in [0.05, 0.1) is 6.04 Å². The molecule has 1 amide bonds. The first-order valence-corrected chi connectivity index (χ1v) is 10.2. The van der Waals surface area contributed by atoms with Crippen LogP contribution in [0.25, 0.3) is 5.57 Å². The number of amides is 1. The first kappa shape index (κ1) is 21.1. The number of rotatable bonds is 6. The number of hydrogen-bond donors (Lipinski definition) is 0. The summed E-state index contributed by atoms with van der Waals surface area (Å²) >= 11 is 6.86. The van der Waals surface area contributed by atoms with Gasteiger partial charge in [-0.3, -0.25) is 4.79 Å². The van der Waals surface area contributed by atoms with Crippen LogP contribution in [0.15, 0.2) is 33.7 Å². The minimum atomic E-state index is -3.05. The second-order valence-electron chi connectivity index (χ2n) is 6.74. The van der Waals surface area contributed by atoms with Crippen LogP contribution in [0, 0.1) is 5.95 Å². The maximum absolute atomic E-state index is 14.5. The molecule has 1 aliphatic carbocycles. The fourth-order valence-electron chi connectivity index (χ4n) is 3.16. The molecule has 0 spiro atoms. The first-order valence-electron chi connectivity index (χ1n) is 8.60. The molecule has 150 valence electrons. The van der Waals surface area contributed by atoms with E-state index in [-0.39, 0.29) is 6.04 Å². The maximum atomic E-state index is 14.5. The van der Waals surface area contributed by atoms with E-state index in [4.69, 9.17) is 0 Å². The summed E-state index contributed by atoms with van der Waals surface area (Å²) in [6.45, 7) is 5.87. The van der Waals surface area contributed by atoms with Gasteiger partial charge >= 0.3 is 0 Å². The van der Waals surface area contributed by atoms with Crippen LogP contribution in [0.3, 0.4) is 0 Å². The average molecular weight is 521 g/mol. The van der Waals surface area contributed by atoms with E-state index in [0.717, 1.165) is 27.4 Å². The van der Waals surface area contributed by atoms with Crippen LogP contribution in [0.1, 0.15) is 47.8 Å². The van der Waals surface area contributed by atoms with E-state index >= 15 is 0 Å². The maximum Gasteiger partial charge on any atom is 0.283 e. The standard InChI is InChI=1S/C19H18Br2F3N3O/c1-9(13-7-4-11(20)8-14(13)21)10(2)27(12-5-6-12)19(28)15-16(17(22)23)25-26(3)18(15)24/h4,7-8,10,12,17H,1,5-6H2,2-3H3. The highest BCUT2D eigenvalue weighted by Gasteiger charge is 2.41. The molecule has 1 aromatic carbocycles. The monoisotopic (exact) mass is 519 g/mol. The van der Waals surface area contributed by atoms with Crippen LogP contribution in [-0.4, -0.2) is 32.7 Å². The van der Waals surface area contributed by atoms with Gasteiger partial charge in [0.25, 0.3) is 12.3 Å². The fraction of sp³-hybridized carbons (Fsp3) is 0.368. The van der Waals surface area contributed by atoms with Gasteiger partial charge in [0.1, 0.15) is 11.3 Å². The Balaban J connectivity index is 1.98. The van der Waals surface area contributed by atoms with E-state index in [2.05, 4.69) is 43.5 Å². The molecule has 9 heteroatoms. The lowest BCUT2D eigenvalue weighted by molar-refractivity contribution is 0.0698. The van der Waals surface area contributed by atoms with Gasteiger partial charge < -0.3 is 4.90 Å². The smallest absolute Gasteiger partial charge is 0.283 e. The number of carbonyl (C=O) groups is 1. The van der Waals surface area contributed by atoms with E-state index in [0.29, 0.717) is 10.3 Å². The largest absolute Gasteiger partial charge is 0.329 e. The number of alkyl halides is 2. The molecule has 1 atom stereocenters. The van der Waals surface area contributed by atoms with Crippen molar-refractivity contribution in [2.45, 2.75) is 38.3 Å². The number of aromatic nitrogens is 2. The summed E-state index contributed by atoms with van der Waals surface area (Å²) in [4.78, 5) is 14.6. The molecular formula is C19H18Br2F3N3O. The summed E-state index contributed by atoms with van der Waals surface area (Å²) in [5.74, 6) is -1.85. The topological polar surface area (TPSA) is 38.1 Å². The Hall–Kier alpha value is -1.61. The molecule has 0 aliphatic heterocycles. The summed E-state index contributed by atoms with van der Waals surface area (Å²) in [5, 5.41) is 3.49. The summed E-state index contributed by atoms with van der Waals surface area (Å²) < 4.78 is 43.5. The molecular weight excluding hydrogens is 503 g/mol. The number of nitrogens with zero attached hydrogens (tertiary/aromatic N) is 3. The second-order valence-corrected chi connectivity index (χ2v) is 8.51. The van der Waals surface area contributed by atoms with Crippen LogP contribution < -0.4 is 0 Å². The van der Waals surface area contributed by atoms with Gasteiger partial charge in [-0.15, -0.1) is 0 Å². The highest BCUT2D eigenvalue weighted by atomic mass is 79.9. The van der Waals surface area contributed by atoms with E-state index in [1.54, 1.807) is 6.92 Å². The number of aryl methyl sites for hydroxylation is 1. The minimum absolute atomic E-state index is 0.140. The molecule has 0 saturated heterocycles. The quantitative estimate of drug-likeness (QED) is 0.488. The van der Waals surface area contributed by atoms with E-state index in [9.17, 15) is 18.0 Å². The van der Waals surface area contributed by atoms with Crippen molar-refractivity contribution < 1.29 is 18.0 Å². The van der Waals surface area contributed by atoms with Crippen molar-refractivity contribution in [3.05, 3.63) is 56.5 Å². The SMILES string of the molecule is C=C(c1ccc(Br)cc1Br)C(C)N(C(=O)c1c(C(F)F)nn(C)c1F)C1CC1. The minimum Gasteiger partial charge on any atom is -0.329 e. The lowest BCUT2D eigenvalue weighted by Crippen LogP contribution is -2.41. The average Bonchev–Trinajstić information content (AvgIpc) is 3.40. The Labute approximate surface area is 177 Å². The third-order valence-corrected chi connectivity index (χ3v) is 5.95. The van der Waals surface area contributed by atoms with E-state index in [1.807, 2.05) is 18.2 Å². The van der Waals surface area contributed by atoms with E-state index in [1.165, 1.54) is 11.9 Å². The number of halogens is 5. The summed E-state index contributed by atoms with van der Waals surface area (Å²) in [7, 11) is 1.20. The van der Waals surface area contributed by atoms with Gasteiger partial charge in [0.2, 0.25) is 5.95 Å². The van der Waals surface area contributed by atoms with Crippen LogP contribution in [0.5, 0.6) is 0 Å². The Morgan fingerprint density at radius 1 is 1.36 bits per heavy atom. The normalized spacial score (nSPS) is 15.0. The molecule has 4 nitrogen and oxygen atoms in total. The van der Waals surface area contributed by atoms with Crippen LogP contribution in [-0.2, 0) is 7.05 Å². The molecule has 3 rings (SSSR count). The predicted molar refractivity (Wildman–Crippen MR) is 108 cm³/mol.